The number of hydrogen-bond acceptors (Lipinski definition) is 7. The fourth-order valence-corrected chi connectivity index (χ4v) is 3.34. The second kappa shape index (κ2) is 6.52. The number of hydrogen-bond donors (Lipinski definition) is 2. The molecule has 3 heterocycles. The average molecular weight is 399 g/mol. The number of nitrogens with zero attached hydrogens (tertiary/aromatic N) is 3. The van der Waals surface area contributed by atoms with E-state index in [9.17, 15) is 14.4 Å². The first-order valence-corrected chi connectivity index (χ1v) is 8.94. The van der Waals surface area contributed by atoms with Crippen molar-refractivity contribution in [2.75, 3.05) is 5.73 Å². The Morgan fingerprint density at radius 2 is 1.63 bits per heavy atom. The number of aromatic nitrogens is 3. The first kappa shape index (κ1) is 17.6. The molecule has 0 atom stereocenters. The monoisotopic (exact) mass is 399 g/mol. The van der Waals surface area contributed by atoms with Crippen molar-refractivity contribution in [2.24, 2.45) is 0 Å². The zero-order chi connectivity index (χ0) is 20.8. The fourth-order valence-electron chi connectivity index (χ4n) is 3.34. The van der Waals surface area contributed by atoms with Crippen LogP contribution < -0.4 is 16.6 Å². The summed E-state index contributed by atoms with van der Waals surface area (Å²) in [4.78, 5) is 40.7. The zero-order valence-electron chi connectivity index (χ0n) is 15.3. The Morgan fingerprint density at radius 3 is 2.37 bits per heavy atom. The van der Waals surface area contributed by atoms with E-state index in [1.807, 2.05) is 30.3 Å². The van der Waals surface area contributed by atoms with Crippen molar-refractivity contribution in [3.8, 4) is 28.5 Å². The van der Waals surface area contributed by atoms with Gasteiger partial charge in [0, 0.05) is 17.2 Å². The minimum Gasteiger partial charge on any atom is -0.384 e. The predicted octanol–water partition coefficient (Wildman–Crippen LogP) is 2.02. The van der Waals surface area contributed by atoms with E-state index in [0.29, 0.717) is 23.0 Å². The summed E-state index contributed by atoms with van der Waals surface area (Å²) in [6, 6.07) is 17.2. The van der Waals surface area contributed by atoms with Crippen LogP contribution >= 0.6 is 0 Å². The van der Waals surface area contributed by atoms with Crippen molar-refractivity contribution in [1.82, 2.24) is 20.0 Å². The van der Waals surface area contributed by atoms with Crippen LogP contribution in [0.25, 0.3) is 28.5 Å². The molecule has 0 radical (unpaired) electrons. The molecule has 0 saturated heterocycles. The standard InChI is InChI=1S/C21H13N5O4/c22-17-16-14(19(28)24-20(16)29)10-15(27)26(17)13-8-6-12(7-9-13)21-23-18(25-30-21)11-4-2-1-3-5-11/h1-10H,22H2,(H,24,28,29). The van der Waals surface area contributed by atoms with E-state index in [4.69, 9.17) is 10.3 Å². The second-order valence-electron chi connectivity index (χ2n) is 6.61. The number of nitrogens with one attached hydrogen (secondary N) is 1. The Balaban J connectivity index is 1.52. The molecule has 0 saturated carbocycles. The molecule has 0 spiro atoms. The second-order valence-corrected chi connectivity index (χ2v) is 6.61. The molecular formula is C21H13N5O4. The number of fused-ring (bicyclic) bond motifs is 1. The van der Waals surface area contributed by atoms with Gasteiger partial charge < -0.3 is 10.3 Å². The van der Waals surface area contributed by atoms with Gasteiger partial charge in [0.15, 0.2) is 0 Å². The Bertz CT molecular complexity index is 1370. The molecule has 2 aromatic heterocycles. The number of nitrogens with two attached hydrogens (primary N) is 1. The van der Waals surface area contributed by atoms with E-state index in [1.165, 1.54) is 4.57 Å². The molecule has 1 aliphatic rings. The Labute approximate surface area is 168 Å². The van der Waals surface area contributed by atoms with Crippen molar-refractivity contribution in [3.63, 3.8) is 0 Å². The number of carbonyl (C=O) groups is 2. The van der Waals surface area contributed by atoms with Crippen LogP contribution in [0.3, 0.4) is 0 Å². The maximum atomic E-state index is 12.5. The summed E-state index contributed by atoms with van der Waals surface area (Å²) in [5.74, 6) is -0.578. The summed E-state index contributed by atoms with van der Waals surface area (Å²) in [6.45, 7) is 0. The van der Waals surface area contributed by atoms with E-state index in [2.05, 4.69) is 15.5 Å². The smallest absolute Gasteiger partial charge is 0.262 e. The third kappa shape index (κ3) is 2.68. The van der Waals surface area contributed by atoms with Gasteiger partial charge in [0.1, 0.15) is 5.82 Å². The maximum absolute atomic E-state index is 12.5. The summed E-state index contributed by atoms with van der Waals surface area (Å²) in [7, 11) is 0. The summed E-state index contributed by atoms with van der Waals surface area (Å²) in [6.07, 6.45) is 0. The first-order valence-electron chi connectivity index (χ1n) is 8.94. The van der Waals surface area contributed by atoms with Crippen molar-refractivity contribution in [1.29, 1.82) is 0 Å². The third-order valence-corrected chi connectivity index (χ3v) is 4.78. The summed E-state index contributed by atoms with van der Waals surface area (Å²) in [5.41, 5.74) is 7.41. The highest BCUT2D eigenvalue weighted by Crippen LogP contribution is 2.26. The molecule has 4 aromatic rings. The Morgan fingerprint density at radius 1 is 0.900 bits per heavy atom. The molecule has 0 unspecified atom stereocenters. The average Bonchev–Trinajstić information content (AvgIpc) is 3.34. The van der Waals surface area contributed by atoms with Crippen LogP contribution in [0.5, 0.6) is 0 Å². The molecule has 0 bridgehead atoms. The predicted molar refractivity (Wildman–Crippen MR) is 107 cm³/mol. The van der Waals surface area contributed by atoms with E-state index < -0.39 is 17.4 Å². The first-order chi connectivity index (χ1) is 14.5. The van der Waals surface area contributed by atoms with Crippen LogP contribution in [0.15, 0.2) is 70.0 Å². The van der Waals surface area contributed by atoms with E-state index in [1.54, 1.807) is 24.3 Å². The number of pyridine rings is 1. The number of benzene rings is 2. The van der Waals surface area contributed by atoms with Crippen LogP contribution in [-0.4, -0.2) is 26.5 Å². The van der Waals surface area contributed by atoms with Crippen molar-refractivity contribution >= 4 is 17.6 Å². The number of imide groups is 1. The number of carbonyl (C=O) groups excluding carboxylic acids is 2. The van der Waals surface area contributed by atoms with Gasteiger partial charge in [0.05, 0.1) is 16.8 Å². The van der Waals surface area contributed by atoms with Gasteiger partial charge in [-0.2, -0.15) is 4.98 Å². The molecule has 0 aliphatic carbocycles. The molecule has 30 heavy (non-hydrogen) atoms. The van der Waals surface area contributed by atoms with Crippen LogP contribution in [0.2, 0.25) is 0 Å². The number of nitrogen functional groups attached to an aromatic ring is 1. The van der Waals surface area contributed by atoms with Gasteiger partial charge >= 0.3 is 0 Å². The molecule has 3 N–H and O–H groups in total. The van der Waals surface area contributed by atoms with Crippen LogP contribution in [-0.2, 0) is 0 Å². The lowest BCUT2D eigenvalue weighted by atomic mass is 10.1. The Kier molecular flexibility index (Phi) is 3.82. The highest BCUT2D eigenvalue weighted by Gasteiger charge is 2.31. The number of rotatable bonds is 3. The highest BCUT2D eigenvalue weighted by atomic mass is 16.5. The normalized spacial score (nSPS) is 12.7. The molecule has 2 aromatic carbocycles. The number of anilines is 1. The SMILES string of the molecule is Nc1c2c(cc(=O)n1-c1ccc(-c3nc(-c4ccccc4)no3)cc1)C(=O)NC2=O. The van der Waals surface area contributed by atoms with Crippen LogP contribution in [0, 0.1) is 0 Å². The van der Waals surface area contributed by atoms with Gasteiger partial charge in [-0.1, -0.05) is 35.5 Å². The molecule has 5 rings (SSSR count). The maximum Gasteiger partial charge on any atom is 0.262 e. The molecule has 1 aliphatic heterocycles. The summed E-state index contributed by atoms with van der Waals surface area (Å²) in [5, 5.41) is 6.13. The zero-order valence-corrected chi connectivity index (χ0v) is 15.3. The third-order valence-electron chi connectivity index (χ3n) is 4.78. The van der Waals surface area contributed by atoms with Crippen LogP contribution in [0.1, 0.15) is 20.7 Å². The molecular weight excluding hydrogens is 386 g/mol. The Hall–Kier alpha value is -4.53. The van der Waals surface area contributed by atoms with Crippen molar-refractivity contribution in [2.45, 2.75) is 0 Å². The number of amides is 2. The molecule has 146 valence electrons. The molecule has 2 amide bonds. The fraction of sp³-hybridized carbons (Fsp3) is 0. The van der Waals surface area contributed by atoms with Gasteiger partial charge in [0.25, 0.3) is 23.3 Å². The minimum atomic E-state index is -0.632. The largest absolute Gasteiger partial charge is 0.384 e. The van der Waals surface area contributed by atoms with Crippen molar-refractivity contribution in [3.05, 3.63) is 82.1 Å². The van der Waals surface area contributed by atoms with E-state index >= 15 is 0 Å². The quantitative estimate of drug-likeness (QED) is 0.504. The van der Waals surface area contributed by atoms with Gasteiger partial charge in [0.2, 0.25) is 5.82 Å². The van der Waals surface area contributed by atoms with Gasteiger partial charge in [-0.05, 0) is 24.3 Å². The lowest BCUT2D eigenvalue weighted by Gasteiger charge is -2.12. The highest BCUT2D eigenvalue weighted by molar-refractivity contribution is 6.23. The van der Waals surface area contributed by atoms with E-state index in [-0.39, 0.29) is 16.9 Å². The topological polar surface area (TPSA) is 133 Å². The van der Waals surface area contributed by atoms with Gasteiger partial charge in [-0.3, -0.25) is 24.3 Å². The molecule has 0 fully saturated rings. The van der Waals surface area contributed by atoms with Crippen molar-refractivity contribution < 1.29 is 14.1 Å². The minimum absolute atomic E-state index is 0.00641. The van der Waals surface area contributed by atoms with Gasteiger partial charge in [-0.15, -0.1) is 0 Å². The molecule has 9 heteroatoms. The molecule has 9 nitrogen and oxygen atoms in total. The lowest BCUT2D eigenvalue weighted by molar-refractivity contribution is 0.0880. The van der Waals surface area contributed by atoms with Crippen LogP contribution in [0.4, 0.5) is 5.82 Å². The lowest BCUT2D eigenvalue weighted by Crippen LogP contribution is -2.24. The summed E-state index contributed by atoms with van der Waals surface area (Å²) < 4.78 is 6.51. The van der Waals surface area contributed by atoms with Gasteiger partial charge in [-0.25, -0.2) is 0 Å². The summed E-state index contributed by atoms with van der Waals surface area (Å²) >= 11 is 0. The van der Waals surface area contributed by atoms with E-state index in [0.717, 1.165) is 11.6 Å².